The first-order valence-electron chi connectivity index (χ1n) is 6.65. The van der Waals surface area contributed by atoms with Gasteiger partial charge in [-0.15, -0.1) is 23.1 Å². The lowest BCUT2D eigenvalue weighted by Gasteiger charge is -2.04. The second-order valence-corrected chi connectivity index (χ2v) is 6.61. The summed E-state index contributed by atoms with van der Waals surface area (Å²) in [6.45, 7) is 4.11. The molecule has 0 bridgehead atoms. The molecule has 0 unspecified atom stereocenters. The van der Waals surface area contributed by atoms with Crippen LogP contribution in [0.3, 0.4) is 0 Å². The van der Waals surface area contributed by atoms with Crippen molar-refractivity contribution in [3.05, 3.63) is 57.3 Å². The quantitative estimate of drug-likeness (QED) is 0.651. The standard InChI is InChI=1S/C16H18N2OS2/c1-12-5-3-4-6-14(12)10-20-11-16(19)18-17-9-15-13(2)7-8-21-15/h3-9H,10-11H2,1-2H3,(H,18,19)/b17-9+. The zero-order chi connectivity index (χ0) is 15.1. The SMILES string of the molecule is Cc1ccccc1CSCC(=O)N/N=C/c1sccc1C. The number of nitrogens with one attached hydrogen (secondary N) is 1. The molecule has 1 N–H and O–H groups in total. The smallest absolute Gasteiger partial charge is 0.250 e. The molecule has 2 aromatic rings. The Morgan fingerprint density at radius 2 is 2.10 bits per heavy atom. The van der Waals surface area contributed by atoms with Gasteiger partial charge in [-0.2, -0.15) is 5.10 Å². The molecule has 0 spiro atoms. The molecule has 5 heteroatoms. The lowest BCUT2D eigenvalue weighted by Crippen LogP contribution is -2.19. The third-order valence-corrected chi connectivity index (χ3v) is 4.96. The van der Waals surface area contributed by atoms with Crippen molar-refractivity contribution in [1.29, 1.82) is 0 Å². The summed E-state index contributed by atoms with van der Waals surface area (Å²) in [6, 6.07) is 10.3. The largest absolute Gasteiger partial charge is 0.272 e. The van der Waals surface area contributed by atoms with E-state index in [4.69, 9.17) is 0 Å². The summed E-state index contributed by atoms with van der Waals surface area (Å²) < 4.78 is 0. The van der Waals surface area contributed by atoms with Gasteiger partial charge in [-0.05, 0) is 42.0 Å². The Bertz CT molecular complexity index is 635. The first-order valence-corrected chi connectivity index (χ1v) is 8.68. The molecule has 0 fully saturated rings. The van der Waals surface area contributed by atoms with E-state index in [9.17, 15) is 4.79 Å². The van der Waals surface area contributed by atoms with E-state index in [-0.39, 0.29) is 5.91 Å². The molecule has 0 aliphatic heterocycles. The maximum atomic E-state index is 11.7. The number of amides is 1. The number of thiophene rings is 1. The van der Waals surface area contributed by atoms with Crippen LogP contribution in [0.4, 0.5) is 0 Å². The van der Waals surface area contributed by atoms with Gasteiger partial charge >= 0.3 is 0 Å². The number of benzene rings is 1. The van der Waals surface area contributed by atoms with Crippen LogP contribution in [0.5, 0.6) is 0 Å². The van der Waals surface area contributed by atoms with E-state index in [0.29, 0.717) is 5.75 Å². The molecular formula is C16H18N2OS2. The van der Waals surface area contributed by atoms with Gasteiger partial charge < -0.3 is 0 Å². The Morgan fingerprint density at radius 3 is 2.81 bits per heavy atom. The number of carbonyl (C=O) groups is 1. The van der Waals surface area contributed by atoms with Gasteiger partial charge in [0.15, 0.2) is 0 Å². The van der Waals surface area contributed by atoms with Crippen molar-refractivity contribution >= 4 is 35.2 Å². The summed E-state index contributed by atoms with van der Waals surface area (Å²) in [4.78, 5) is 12.8. The highest BCUT2D eigenvalue weighted by Crippen LogP contribution is 2.15. The van der Waals surface area contributed by atoms with Gasteiger partial charge in [0.05, 0.1) is 12.0 Å². The molecule has 2 rings (SSSR count). The minimum atomic E-state index is -0.0703. The average Bonchev–Trinajstić information content (AvgIpc) is 2.87. The first kappa shape index (κ1) is 15.8. The summed E-state index contributed by atoms with van der Waals surface area (Å²) in [5, 5.41) is 6.00. The molecule has 1 aromatic carbocycles. The second-order valence-electron chi connectivity index (χ2n) is 4.68. The van der Waals surface area contributed by atoms with Gasteiger partial charge in [-0.1, -0.05) is 24.3 Å². The summed E-state index contributed by atoms with van der Waals surface area (Å²) in [6.07, 6.45) is 1.70. The van der Waals surface area contributed by atoms with Crippen LogP contribution in [0.1, 0.15) is 21.6 Å². The molecule has 0 saturated carbocycles. The van der Waals surface area contributed by atoms with Crippen molar-refractivity contribution < 1.29 is 4.79 Å². The number of hydrogen-bond donors (Lipinski definition) is 1. The van der Waals surface area contributed by atoms with Crippen molar-refractivity contribution in [2.75, 3.05) is 5.75 Å². The van der Waals surface area contributed by atoms with Gasteiger partial charge in [0, 0.05) is 10.6 Å². The lowest BCUT2D eigenvalue weighted by atomic mass is 10.1. The highest BCUT2D eigenvalue weighted by atomic mass is 32.2. The minimum absolute atomic E-state index is 0.0703. The van der Waals surface area contributed by atoms with Gasteiger partial charge in [0.25, 0.3) is 0 Å². The van der Waals surface area contributed by atoms with Crippen LogP contribution >= 0.6 is 23.1 Å². The number of thioether (sulfide) groups is 1. The third-order valence-electron chi connectivity index (χ3n) is 3.02. The Balaban J connectivity index is 1.72. The number of carbonyl (C=O) groups excluding carboxylic acids is 1. The Labute approximate surface area is 133 Å². The van der Waals surface area contributed by atoms with Crippen LogP contribution in [-0.2, 0) is 10.5 Å². The zero-order valence-corrected chi connectivity index (χ0v) is 13.8. The maximum Gasteiger partial charge on any atom is 0.250 e. The fraction of sp³-hybridized carbons (Fsp3) is 0.250. The van der Waals surface area contributed by atoms with E-state index in [1.165, 1.54) is 16.7 Å². The number of hydrogen-bond acceptors (Lipinski definition) is 4. The summed E-state index contributed by atoms with van der Waals surface area (Å²) in [5.74, 6) is 1.18. The molecule has 1 heterocycles. The normalized spacial score (nSPS) is 11.0. The van der Waals surface area contributed by atoms with Gasteiger partial charge in [-0.3, -0.25) is 4.79 Å². The minimum Gasteiger partial charge on any atom is -0.272 e. The van der Waals surface area contributed by atoms with E-state index in [0.717, 1.165) is 10.6 Å². The van der Waals surface area contributed by atoms with Crippen molar-refractivity contribution in [3.63, 3.8) is 0 Å². The van der Waals surface area contributed by atoms with E-state index in [1.54, 1.807) is 29.3 Å². The topological polar surface area (TPSA) is 41.5 Å². The first-order chi connectivity index (χ1) is 10.2. The highest BCUT2D eigenvalue weighted by Gasteiger charge is 2.02. The van der Waals surface area contributed by atoms with E-state index in [2.05, 4.69) is 29.6 Å². The average molecular weight is 318 g/mol. The lowest BCUT2D eigenvalue weighted by molar-refractivity contribution is -0.118. The molecular weight excluding hydrogens is 300 g/mol. The zero-order valence-electron chi connectivity index (χ0n) is 12.1. The number of hydrazone groups is 1. The number of rotatable bonds is 6. The van der Waals surface area contributed by atoms with Gasteiger partial charge in [0.1, 0.15) is 0 Å². The maximum absolute atomic E-state index is 11.7. The highest BCUT2D eigenvalue weighted by molar-refractivity contribution is 7.99. The molecule has 0 saturated heterocycles. The number of nitrogens with zero attached hydrogens (tertiary/aromatic N) is 1. The predicted octanol–water partition coefficient (Wildman–Crippen LogP) is 3.75. The summed E-state index contributed by atoms with van der Waals surface area (Å²) >= 11 is 3.21. The molecule has 1 aromatic heterocycles. The summed E-state index contributed by atoms with van der Waals surface area (Å²) in [5.41, 5.74) is 6.27. The van der Waals surface area contributed by atoms with Crippen LogP contribution in [0.15, 0.2) is 40.8 Å². The molecule has 21 heavy (non-hydrogen) atoms. The Kier molecular flexibility index (Phi) is 6.02. The van der Waals surface area contributed by atoms with Crippen LogP contribution in [-0.4, -0.2) is 17.9 Å². The van der Waals surface area contributed by atoms with E-state index < -0.39 is 0 Å². The van der Waals surface area contributed by atoms with Crippen LogP contribution in [0, 0.1) is 13.8 Å². The molecule has 0 atom stereocenters. The fourth-order valence-electron chi connectivity index (χ4n) is 1.74. The summed E-state index contributed by atoms with van der Waals surface area (Å²) in [7, 11) is 0. The molecule has 110 valence electrons. The van der Waals surface area contributed by atoms with Crippen molar-refractivity contribution in [2.24, 2.45) is 5.10 Å². The molecule has 3 nitrogen and oxygen atoms in total. The van der Waals surface area contributed by atoms with Crippen LogP contribution in [0.25, 0.3) is 0 Å². The van der Waals surface area contributed by atoms with Crippen molar-refractivity contribution in [2.45, 2.75) is 19.6 Å². The Hall–Kier alpha value is -1.59. The van der Waals surface area contributed by atoms with Crippen molar-refractivity contribution in [3.8, 4) is 0 Å². The molecule has 0 aliphatic carbocycles. The second kappa shape index (κ2) is 8.00. The third kappa shape index (κ3) is 5.02. The fourth-order valence-corrected chi connectivity index (χ4v) is 3.42. The molecule has 0 radical (unpaired) electrons. The molecule has 1 amide bonds. The van der Waals surface area contributed by atoms with Crippen LogP contribution < -0.4 is 5.43 Å². The van der Waals surface area contributed by atoms with Crippen LogP contribution in [0.2, 0.25) is 0 Å². The van der Waals surface area contributed by atoms with E-state index >= 15 is 0 Å². The van der Waals surface area contributed by atoms with Gasteiger partial charge in [-0.25, -0.2) is 5.43 Å². The predicted molar refractivity (Wildman–Crippen MR) is 92.1 cm³/mol. The van der Waals surface area contributed by atoms with Crippen molar-refractivity contribution in [1.82, 2.24) is 5.43 Å². The number of aryl methyl sites for hydroxylation is 2. The monoisotopic (exact) mass is 318 g/mol. The van der Waals surface area contributed by atoms with Gasteiger partial charge in [0.2, 0.25) is 5.91 Å². The molecule has 0 aliphatic rings. The van der Waals surface area contributed by atoms with E-state index in [1.807, 2.05) is 30.5 Å². The Morgan fingerprint density at radius 1 is 1.29 bits per heavy atom.